The van der Waals surface area contributed by atoms with E-state index in [1.165, 1.54) is 0 Å². The van der Waals surface area contributed by atoms with E-state index in [1.807, 2.05) is 53.7 Å². The van der Waals surface area contributed by atoms with Crippen molar-refractivity contribution in [3.63, 3.8) is 0 Å². The molecule has 0 aromatic rings. The van der Waals surface area contributed by atoms with E-state index in [0.29, 0.717) is 31.0 Å². The third-order valence-electron chi connectivity index (χ3n) is 3.73. The van der Waals surface area contributed by atoms with Gasteiger partial charge < -0.3 is 30.1 Å². The molecule has 0 saturated heterocycles. The van der Waals surface area contributed by atoms with Crippen LogP contribution in [0.2, 0.25) is 0 Å². The second-order valence-electron chi connectivity index (χ2n) is 7.74. The van der Waals surface area contributed by atoms with Crippen molar-refractivity contribution in [2.75, 3.05) is 26.7 Å². The van der Waals surface area contributed by atoms with Crippen molar-refractivity contribution in [2.24, 2.45) is 0 Å². The van der Waals surface area contributed by atoms with Crippen LogP contribution in [0.4, 0.5) is 0 Å². The predicted molar refractivity (Wildman–Crippen MR) is 135 cm³/mol. The summed E-state index contributed by atoms with van der Waals surface area (Å²) in [7, 11) is 1.88. The van der Waals surface area contributed by atoms with Gasteiger partial charge in [0.15, 0.2) is 0 Å². The van der Waals surface area contributed by atoms with Crippen molar-refractivity contribution in [3.05, 3.63) is 35.6 Å². The molecular weight excluding hydrogens is 438 g/mol. The molecule has 0 aromatic carbocycles. The van der Waals surface area contributed by atoms with Crippen LogP contribution in [0.5, 0.6) is 0 Å². The molecule has 0 heterocycles. The van der Waals surface area contributed by atoms with E-state index in [4.69, 9.17) is 14.7 Å². The van der Waals surface area contributed by atoms with Crippen LogP contribution in [0.15, 0.2) is 35.6 Å². The van der Waals surface area contributed by atoms with Crippen molar-refractivity contribution in [3.8, 4) is 11.8 Å². The number of hydroxylamine groups is 1. The average molecular weight is 482 g/mol. The Morgan fingerprint density at radius 3 is 2.32 bits per heavy atom. The highest BCUT2D eigenvalue weighted by atomic mass is 16.5. The molecule has 34 heavy (non-hydrogen) atoms. The summed E-state index contributed by atoms with van der Waals surface area (Å²) < 4.78 is 10.1. The lowest BCUT2D eigenvalue weighted by atomic mass is 10.1. The van der Waals surface area contributed by atoms with Gasteiger partial charge in [0, 0.05) is 18.2 Å². The fraction of sp³-hybridized carbons (Fsp3) is 0.560. The topological polar surface area (TPSA) is 126 Å². The molecule has 0 radical (unpaired) electrons. The minimum Gasteiger partial charge on any atom is -0.481 e. The van der Waals surface area contributed by atoms with Gasteiger partial charge in [-0.05, 0) is 80.1 Å². The largest absolute Gasteiger partial charge is 0.481 e. The molecule has 9 nitrogen and oxygen atoms in total. The lowest BCUT2D eigenvalue weighted by Gasteiger charge is -2.18. The highest BCUT2D eigenvalue weighted by molar-refractivity contribution is 5.93. The minimum atomic E-state index is -0.318. The van der Waals surface area contributed by atoms with Crippen molar-refractivity contribution in [2.45, 2.75) is 66.0 Å². The van der Waals surface area contributed by atoms with Crippen LogP contribution >= 0.6 is 0 Å². The third-order valence-corrected chi connectivity index (χ3v) is 3.73. The predicted octanol–water partition coefficient (Wildman–Crippen LogP) is 2.67. The molecule has 0 rings (SSSR count). The maximum absolute atomic E-state index is 12.3. The van der Waals surface area contributed by atoms with Crippen LogP contribution in [0.1, 0.15) is 54.4 Å². The van der Waals surface area contributed by atoms with Gasteiger partial charge in [-0.1, -0.05) is 18.1 Å². The summed E-state index contributed by atoms with van der Waals surface area (Å²) in [5.74, 6) is 6.06. The summed E-state index contributed by atoms with van der Waals surface area (Å²) in [6, 6.07) is -0.135. The Hall–Kier alpha value is -2.93. The van der Waals surface area contributed by atoms with Gasteiger partial charge in [0.2, 0.25) is 5.91 Å². The average Bonchev–Trinajstić information content (AvgIpc) is 2.78. The Morgan fingerprint density at radius 1 is 1.24 bits per heavy atom. The maximum Gasteiger partial charge on any atom is 0.293 e. The first-order valence-corrected chi connectivity index (χ1v) is 10.9. The SMILES string of the molecule is C=O.CC#CCOC(/C=C\C)=C/C=C(\C)C(=O)N[C@@H](CCCNC)CNO.CC(C)(C)OC=O. The second kappa shape index (κ2) is 24.7. The fourth-order valence-electron chi connectivity index (χ4n) is 2.09. The van der Waals surface area contributed by atoms with E-state index in [2.05, 4.69) is 32.7 Å². The summed E-state index contributed by atoms with van der Waals surface area (Å²) >= 11 is 0. The zero-order chi connectivity index (χ0) is 26.8. The molecule has 0 bridgehead atoms. The van der Waals surface area contributed by atoms with Gasteiger partial charge in [-0.25, -0.2) is 5.48 Å². The Balaban J connectivity index is -0.000000905. The molecule has 9 heteroatoms. The van der Waals surface area contributed by atoms with Gasteiger partial charge in [-0.15, -0.1) is 5.92 Å². The number of hydrogen-bond donors (Lipinski definition) is 4. The highest BCUT2D eigenvalue weighted by Gasteiger charge is 2.12. The number of carbonyl (C=O) groups is 3. The van der Waals surface area contributed by atoms with Crippen LogP contribution < -0.4 is 16.1 Å². The van der Waals surface area contributed by atoms with Gasteiger partial charge in [0.05, 0.1) is 0 Å². The Labute approximate surface area is 205 Å². The smallest absolute Gasteiger partial charge is 0.293 e. The van der Waals surface area contributed by atoms with E-state index < -0.39 is 0 Å². The molecule has 1 amide bonds. The molecule has 0 saturated carbocycles. The zero-order valence-electron chi connectivity index (χ0n) is 21.7. The van der Waals surface area contributed by atoms with E-state index in [1.54, 1.807) is 26.0 Å². The van der Waals surface area contributed by atoms with Crippen LogP contribution in [-0.4, -0.2) is 62.8 Å². The molecule has 0 fully saturated rings. The molecule has 1 atom stereocenters. The Kier molecular flexibility index (Phi) is 25.9. The van der Waals surface area contributed by atoms with E-state index in [0.717, 1.165) is 19.4 Å². The zero-order valence-corrected chi connectivity index (χ0v) is 21.7. The molecule has 0 aliphatic heterocycles. The molecule has 4 N–H and O–H groups in total. The normalized spacial score (nSPS) is 12.1. The lowest BCUT2D eigenvalue weighted by Crippen LogP contribution is -2.42. The quantitative estimate of drug-likeness (QED) is 0.0602. The van der Waals surface area contributed by atoms with Crippen LogP contribution in [0.25, 0.3) is 0 Å². The van der Waals surface area contributed by atoms with Crippen molar-refractivity contribution >= 4 is 19.2 Å². The summed E-state index contributed by atoms with van der Waals surface area (Å²) in [6.07, 6.45) is 8.80. The lowest BCUT2D eigenvalue weighted by molar-refractivity contribution is -0.138. The number of hydrogen-bond acceptors (Lipinski definition) is 8. The number of allylic oxidation sites excluding steroid dienone is 4. The van der Waals surface area contributed by atoms with Crippen molar-refractivity contribution in [1.82, 2.24) is 16.1 Å². The third kappa shape index (κ3) is 25.3. The number of rotatable bonds is 13. The van der Waals surface area contributed by atoms with E-state index in [-0.39, 0.29) is 17.6 Å². The summed E-state index contributed by atoms with van der Waals surface area (Å²) in [5.41, 5.74) is 2.37. The molecule has 0 aliphatic carbocycles. The van der Waals surface area contributed by atoms with Crippen LogP contribution in [0.3, 0.4) is 0 Å². The monoisotopic (exact) mass is 481 g/mol. The van der Waals surface area contributed by atoms with Gasteiger partial charge >= 0.3 is 0 Å². The molecule has 0 spiro atoms. The first-order valence-electron chi connectivity index (χ1n) is 10.9. The number of carbonyl (C=O) groups excluding carboxylic acids is 3. The number of ether oxygens (including phenoxy) is 2. The first-order chi connectivity index (χ1) is 16.1. The van der Waals surface area contributed by atoms with Gasteiger partial charge in [-0.2, -0.15) is 0 Å². The summed E-state index contributed by atoms with van der Waals surface area (Å²) in [6.45, 7) is 14.8. The molecule has 0 unspecified atom stereocenters. The molecule has 0 aliphatic rings. The number of amides is 1. The standard InChI is InChI=1S/C19H31N3O3.C5H10O2.CH2O/c1-5-7-14-25-18(9-6-2)12-11-16(3)19(23)22-17(15-21-24)10-8-13-20-4;1-5(2,3)7-4-6;1-2/h6,9,11-12,17,20-21,24H,8,10,13-15H2,1-4H3,(H,22,23);4H,1-3H3;1H2/b9-6-,16-11+,18-12+;;/t17-;;/m0../s1. The van der Waals surface area contributed by atoms with Crippen LogP contribution in [-0.2, 0) is 23.9 Å². The summed E-state index contributed by atoms with van der Waals surface area (Å²) in [4.78, 5) is 29.9. The Bertz CT molecular complexity index is 685. The van der Waals surface area contributed by atoms with Crippen LogP contribution in [0, 0.1) is 11.8 Å². The first kappa shape index (κ1) is 35.7. The Morgan fingerprint density at radius 2 is 1.88 bits per heavy atom. The van der Waals surface area contributed by atoms with Gasteiger partial charge in [-0.3, -0.25) is 9.59 Å². The van der Waals surface area contributed by atoms with Crippen molar-refractivity contribution < 1.29 is 29.1 Å². The molecule has 194 valence electrons. The fourth-order valence-corrected chi connectivity index (χ4v) is 2.09. The summed E-state index contributed by atoms with van der Waals surface area (Å²) in [5, 5.41) is 14.9. The van der Waals surface area contributed by atoms with Gasteiger partial charge in [0.1, 0.15) is 24.8 Å². The molecular formula is C25H43N3O6. The maximum atomic E-state index is 12.3. The second-order valence-corrected chi connectivity index (χ2v) is 7.74. The number of nitrogens with one attached hydrogen (secondary N) is 3. The van der Waals surface area contributed by atoms with E-state index >= 15 is 0 Å². The molecule has 0 aromatic heterocycles. The minimum absolute atomic E-state index is 0.135. The van der Waals surface area contributed by atoms with Gasteiger partial charge in [0.25, 0.3) is 6.47 Å². The van der Waals surface area contributed by atoms with Crippen molar-refractivity contribution in [1.29, 1.82) is 0 Å². The highest BCUT2D eigenvalue weighted by Crippen LogP contribution is 2.04. The van der Waals surface area contributed by atoms with E-state index in [9.17, 15) is 9.59 Å².